The van der Waals surface area contributed by atoms with Crippen molar-refractivity contribution in [3.05, 3.63) is 69.6 Å². The molecule has 4 rings (SSSR count). The van der Waals surface area contributed by atoms with Gasteiger partial charge in [-0.25, -0.2) is 4.79 Å². The fourth-order valence-corrected chi connectivity index (χ4v) is 3.94. The van der Waals surface area contributed by atoms with Crippen LogP contribution < -0.4 is 5.69 Å². The summed E-state index contributed by atoms with van der Waals surface area (Å²) in [6.07, 6.45) is 5.80. The highest BCUT2D eigenvalue weighted by molar-refractivity contribution is 6.30. The molecule has 0 aliphatic rings. The smallest absolute Gasteiger partial charge is 0.289 e. The number of aromatic amines is 1. The van der Waals surface area contributed by atoms with Gasteiger partial charge in [0, 0.05) is 24.4 Å². The molecule has 0 atom stereocenters. The van der Waals surface area contributed by atoms with E-state index in [9.17, 15) is 4.79 Å². The van der Waals surface area contributed by atoms with Crippen molar-refractivity contribution in [2.24, 2.45) is 7.05 Å². The van der Waals surface area contributed by atoms with Crippen molar-refractivity contribution in [2.45, 2.75) is 39.2 Å². The highest BCUT2D eigenvalue weighted by Gasteiger charge is 2.17. The minimum atomic E-state index is -0.121. The van der Waals surface area contributed by atoms with Crippen molar-refractivity contribution in [1.82, 2.24) is 34.7 Å². The summed E-state index contributed by atoms with van der Waals surface area (Å²) in [7, 11) is 1.70. The van der Waals surface area contributed by atoms with Crippen molar-refractivity contribution in [1.29, 1.82) is 0 Å². The van der Waals surface area contributed by atoms with Gasteiger partial charge in [0.15, 0.2) is 0 Å². The van der Waals surface area contributed by atoms with Crippen LogP contribution in [-0.4, -0.2) is 34.7 Å². The van der Waals surface area contributed by atoms with E-state index in [4.69, 9.17) is 11.6 Å². The second kappa shape index (κ2) is 9.26. The Morgan fingerprint density at radius 1 is 1.10 bits per heavy atom. The highest BCUT2D eigenvalue weighted by atomic mass is 35.5. The third-order valence-corrected chi connectivity index (χ3v) is 5.83. The largest absolute Gasteiger partial charge is 0.329 e. The number of benzene rings is 1. The number of hydrogen-bond donors (Lipinski definition) is 1. The van der Waals surface area contributed by atoms with Crippen LogP contribution in [0.2, 0.25) is 5.15 Å². The Bertz CT molecular complexity index is 1210. The van der Waals surface area contributed by atoms with E-state index in [1.54, 1.807) is 17.8 Å². The van der Waals surface area contributed by atoms with Gasteiger partial charge < -0.3 is 0 Å². The second-order valence-electron chi connectivity index (χ2n) is 7.44. The first-order valence-electron chi connectivity index (χ1n) is 10.3. The number of imidazole rings is 1. The van der Waals surface area contributed by atoms with Gasteiger partial charge in [-0.05, 0) is 29.7 Å². The molecule has 0 aliphatic carbocycles. The average Bonchev–Trinajstić information content (AvgIpc) is 3.40. The monoisotopic (exact) mass is 437 g/mol. The van der Waals surface area contributed by atoms with Crippen LogP contribution in [0.5, 0.6) is 0 Å². The highest BCUT2D eigenvalue weighted by Crippen LogP contribution is 2.29. The van der Waals surface area contributed by atoms with Crippen molar-refractivity contribution in [3.8, 4) is 22.5 Å². The lowest BCUT2D eigenvalue weighted by Crippen LogP contribution is -2.24. The van der Waals surface area contributed by atoms with Gasteiger partial charge in [0.2, 0.25) is 5.82 Å². The van der Waals surface area contributed by atoms with E-state index >= 15 is 0 Å². The quantitative estimate of drug-likeness (QED) is 0.422. The Balaban J connectivity index is 1.61. The van der Waals surface area contributed by atoms with E-state index in [0.717, 1.165) is 53.8 Å². The van der Waals surface area contributed by atoms with Crippen LogP contribution >= 0.6 is 11.6 Å². The molecule has 0 saturated carbocycles. The fraction of sp³-hybridized carbons (Fsp3) is 0.318. The van der Waals surface area contributed by atoms with Gasteiger partial charge in [0.05, 0.1) is 17.9 Å². The molecule has 0 spiro atoms. The molecule has 0 unspecified atom stereocenters. The molecule has 1 aromatic carbocycles. The summed E-state index contributed by atoms with van der Waals surface area (Å²) in [6.45, 7) is 2.54. The number of H-pyrrole nitrogens is 1. The fourth-order valence-electron chi connectivity index (χ4n) is 3.67. The first kappa shape index (κ1) is 21.0. The number of hydrogen-bond acceptors (Lipinski definition) is 5. The number of tetrazole rings is 1. The minimum Gasteiger partial charge on any atom is -0.289 e. The second-order valence-corrected chi connectivity index (χ2v) is 7.80. The first-order valence-corrected chi connectivity index (χ1v) is 10.7. The summed E-state index contributed by atoms with van der Waals surface area (Å²) in [6, 6.07) is 11.8. The molecule has 1 N–H and O–H groups in total. The third kappa shape index (κ3) is 4.29. The van der Waals surface area contributed by atoms with Crippen LogP contribution in [-0.2, 0) is 20.0 Å². The molecule has 0 aliphatic heterocycles. The van der Waals surface area contributed by atoms with Crippen LogP contribution in [0.25, 0.3) is 22.5 Å². The molecule has 31 heavy (non-hydrogen) atoms. The van der Waals surface area contributed by atoms with E-state index in [0.29, 0.717) is 17.5 Å². The molecule has 3 heterocycles. The summed E-state index contributed by atoms with van der Waals surface area (Å²) in [5, 5.41) is 14.8. The summed E-state index contributed by atoms with van der Waals surface area (Å²) >= 11 is 6.44. The molecule has 4 aromatic rings. The molecule has 0 radical (unpaired) electrons. The third-order valence-electron chi connectivity index (χ3n) is 5.36. The maximum absolute atomic E-state index is 12.7. The van der Waals surface area contributed by atoms with Crippen LogP contribution in [0.15, 0.2) is 47.4 Å². The van der Waals surface area contributed by atoms with Crippen molar-refractivity contribution >= 4 is 11.6 Å². The number of unbranched alkanes of at least 4 members (excludes halogenated alkanes) is 2. The summed E-state index contributed by atoms with van der Waals surface area (Å²) in [5.74, 6) is 0.530. The van der Waals surface area contributed by atoms with E-state index in [2.05, 4.69) is 32.5 Å². The Labute approximate surface area is 184 Å². The predicted octanol–water partition coefficient (Wildman–Crippen LogP) is 3.86. The minimum absolute atomic E-state index is 0.121. The molecule has 0 bridgehead atoms. The van der Waals surface area contributed by atoms with Crippen LogP contribution in [0.3, 0.4) is 0 Å². The SMILES string of the molecule is CCCCCc1c(Cl)n(C)c(=O)n1Cc1ccc(-c2ccccc2-c2nn[nH]n2)cn1. The number of nitrogens with one attached hydrogen (secondary N) is 1. The van der Waals surface area contributed by atoms with Gasteiger partial charge in [-0.2, -0.15) is 5.21 Å². The van der Waals surface area contributed by atoms with Crippen molar-refractivity contribution in [2.75, 3.05) is 0 Å². The van der Waals surface area contributed by atoms with Gasteiger partial charge in [-0.1, -0.05) is 61.7 Å². The molecule has 0 amide bonds. The summed E-state index contributed by atoms with van der Waals surface area (Å²) in [4.78, 5) is 17.3. The van der Waals surface area contributed by atoms with Crippen molar-refractivity contribution < 1.29 is 0 Å². The molecule has 0 saturated heterocycles. The Morgan fingerprint density at radius 2 is 1.90 bits per heavy atom. The number of aromatic nitrogens is 7. The van der Waals surface area contributed by atoms with E-state index in [1.165, 1.54) is 4.57 Å². The lowest BCUT2D eigenvalue weighted by molar-refractivity contribution is 0.643. The molecular weight excluding hydrogens is 414 g/mol. The first-order chi connectivity index (χ1) is 15.1. The van der Waals surface area contributed by atoms with Gasteiger partial charge >= 0.3 is 5.69 Å². The maximum Gasteiger partial charge on any atom is 0.329 e. The van der Waals surface area contributed by atoms with Crippen molar-refractivity contribution in [3.63, 3.8) is 0 Å². The van der Waals surface area contributed by atoms with Gasteiger partial charge in [0.1, 0.15) is 5.15 Å². The molecule has 160 valence electrons. The predicted molar refractivity (Wildman–Crippen MR) is 120 cm³/mol. The van der Waals surface area contributed by atoms with Crippen LogP contribution in [0, 0.1) is 0 Å². The summed E-state index contributed by atoms with van der Waals surface area (Å²) < 4.78 is 3.23. The van der Waals surface area contributed by atoms with Gasteiger partial charge in [-0.3, -0.25) is 14.1 Å². The van der Waals surface area contributed by atoms with Gasteiger partial charge in [-0.15, -0.1) is 10.2 Å². The van der Waals surface area contributed by atoms with E-state index in [1.807, 2.05) is 36.4 Å². The number of pyridine rings is 1. The van der Waals surface area contributed by atoms with Crippen LogP contribution in [0.4, 0.5) is 0 Å². The molecule has 0 fully saturated rings. The van der Waals surface area contributed by atoms with E-state index in [-0.39, 0.29) is 5.69 Å². The maximum atomic E-state index is 12.7. The molecular formula is C22H24ClN7O. The standard InChI is InChI=1S/C22H24ClN7O/c1-3-4-5-10-19-20(23)29(2)22(31)30(19)14-16-12-11-15(13-24-16)17-8-6-7-9-18(17)21-25-27-28-26-21/h6-9,11-13H,3-5,10,14H2,1-2H3,(H,25,26,27,28). The Hall–Kier alpha value is -3.26. The zero-order chi connectivity index (χ0) is 21.8. The number of halogens is 1. The Morgan fingerprint density at radius 3 is 2.58 bits per heavy atom. The zero-order valence-corrected chi connectivity index (χ0v) is 18.3. The number of rotatable bonds is 8. The number of nitrogens with zero attached hydrogens (tertiary/aromatic N) is 6. The normalized spacial score (nSPS) is 11.2. The average molecular weight is 438 g/mol. The topological polar surface area (TPSA) is 94.3 Å². The molecule has 9 heteroatoms. The molecule has 3 aromatic heterocycles. The lowest BCUT2D eigenvalue weighted by Gasteiger charge is -2.09. The zero-order valence-electron chi connectivity index (χ0n) is 17.5. The van der Waals surface area contributed by atoms with Gasteiger partial charge in [0.25, 0.3) is 0 Å². The van der Waals surface area contributed by atoms with E-state index < -0.39 is 0 Å². The Kier molecular flexibility index (Phi) is 6.27. The van der Waals surface area contributed by atoms with Crippen LogP contribution in [0.1, 0.15) is 37.6 Å². The lowest BCUT2D eigenvalue weighted by atomic mass is 10.0. The summed E-state index contributed by atoms with van der Waals surface area (Å²) in [5.41, 5.74) is 4.31. The molecule has 8 nitrogen and oxygen atoms in total.